The summed E-state index contributed by atoms with van der Waals surface area (Å²) in [6.45, 7) is 10.8. The number of hydrogen-bond donors (Lipinski definition) is 0. The van der Waals surface area contributed by atoms with Gasteiger partial charge in [0.2, 0.25) is 0 Å². The average molecular weight is 411 g/mol. The first-order chi connectivity index (χ1) is 14.8. The van der Waals surface area contributed by atoms with E-state index in [4.69, 9.17) is 9.40 Å². The molecule has 2 heterocycles. The molecule has 2 aromatic heterocycles. The van der Waals surface area contributed by atoms with Gasteiger partial charge in [0, 0.05) is 6.92 Å². The molecule has 0 radical (unpaired) electrons. The molecule has 0 unspecified atom stereocenters. The van der Waals surface area contributed by atoms with Gasteiger partial charge in [0.25, 0.3) is 5.82 Å². The second kappa shape index (κ2) is 6.81. The molecule has 0 saturated carbocycles. The molecule has 0 atom stereocenters. The summed E-state index contributed by atoms with van der Waals surface area (Å²) in [4.78, 5) is 4.75. The van der Waals surface area contributed by atoms with Crippen LogP contribution in [0, 0.1) is 13.8 Å². The predicted molar refractivity (Wildman–Crippen MR) is 126 cm³/mol. The minimum Gasteiger partial charge on any atom is -0.441 e. The molecule has 4 heteroatoms. The van der Waals surface area contributed by atoms with Crippen LogP contribution >= 0.6 is 0 Å². The van der Waals surface area contributed by atoms with E-state index in [2.05, 4.69) is 98.5 Å². The normalized spacial score (nSPS) is 12.2. The number of hydrogen-bond acceptors (Lipinski definition) is 2. The number of benzene rings is 3. The first kappa shape index (κ1) is 19.6. The second-order valence-electron chi connectivity index (χ2n) is 9.34. The van der Waals surface area contributed by atoms with E-state index >= 15 is 0 Å². The first-order valence-electron chi connectivity index (χ1n) is 10.7. The van der Waals surface area contributed by atoms with Crippen LogP contribution in [0.15, 0.2) is 65.1 Å². The van der Waals surface area contributed by atoms with Crippen molar-refractivity contribution in [2.24, 2.45) is 7.05 Å². The SMILES string of the molecule is Cc1nc2c(-c3n(-c4ccc(C(C)(C)C)cc4)c4ccccc4[n+]3C)c(C)ccc2o1. The lowest BCUT2D eigenvalue weighted by molar-refractivity contribution is -0.633. The van der Waals surface area contributed by atoms with Gasteiger partial charge >= 0.3 is 0 Å². The van der Waals surface area contributed by atoms with Crippen molar-refractivity contribution >= 4 is 22.1 Å². The van der Waals surface area contributed by atoms with Crippen LogP contribution < -0.4 is 4.57 Å². The zero-order chi connectivity index (χ0) is 21.9. The molecule has 0 spiro atoms. The van der Waals surface area contributed by atoms with Crippen molar-refractivity contribution in [2.75, 3.05) is 0 Å². The quantitative estimate of drug-likeness (QED) is 0.326. The summed E-state index contributed by atoms with van der Waals surface area (Å²) < 4.78 is 10.5. The van der Waals surface area contributed by atoms with E-state index in [1.807, 2.05) is 13.0 Å². The van der Waals surface area contributed by atoms with E-state index < -0.39 is 0 Å². The van der Waals surface area contributed by atoms with Crippen LogP contribution in [-0.4, -0.2) is 9.55 Å². The van der Waals surface area contributed by atoms with Crippen molar-refractivity contribution in [3.8, 4) is 17.1 Å². The molecule has 0 aliphatic rings. The zero-order valence-corrected chi connectivity index (χ0v) is 19.0. The fourth-order valence-electron chi connectivity index (χ4n) is 4.45. The predicted octanol–water partition coefficient (Wildman–Crippen LogP) is 6.18. The summed E-state index contributed by atoms with van der Waals surface area (Å²) >= 11 is 0. The molecular formula is C27H28N3O+. The smallest absolute Gasteiger partial charge is 0.297 e. The van der Waals surface area contributed by atoms with Crippen molar-refractivity contribution in [1.29, 1.82) is 0 Å². The molecule has 0 fully saturated rings. The van der Waals surface area contributed by atoms with E-state index in [0.717, 1.165) is 28.2 Å². The van der Waals surface area contributed by atoms with Gasteiger partial charge in [-0.15, -0.1) is 0 Å². The molecule has 4 nitrogen and oxygen atoms in total. The minimum atomic E-state index is 0.116. The highest BCUT2D eigenvalue weighted by Crippen LogP contribution is 2.35. The highest BCUT2D eigenvalue weighted by molar-refractivity contribution is 5.92. The van der Waals surface area contributed by atoms with E-state index in [1.54, 1.807) is 0 Å². The Morgan fingerprint density at radius 3 is 2.32 bits per heavy atom. The Hall–Kier alpha value is -3.40. The Balaban J connectivity index is 1.87. The molecule has 31 heavy (non-hydrogen) atoms. The molecule has 0 saturated heterocycles. The maximum atomic E-state index is 5.87. The van der Waals surface area contributed by atoms with Gasteiger partial charge in [-0.3, -0.25) is 0 Å². The van der Waals surface area contributed by atoms with Gasteiger partial charge in [-0.2, -0.15) is 4.57 Å². The van der Waals surface area contributed by atoms with Crippen molar-refractivity contribution in [1.82, 2.24) is 9.55 Å². The third-order valence-corrected chi connectivity index (χ3v) is 6.10. The van der Waals surface area contributed by atoms with Crippen LogP contribution in [0.3, 0.4) is 0 Å². The number of fused-ring (bicyclic) bond motifs is 2. The van der Waals surface area contributed by atoms with Crippen LogP contribution in [0.25, 0.3) is 39.2 Å². The van der Waals surface area contributed by atoms with Gasteiger partial charge in [0.15, 0.2) is 22.5 Å². The summed E-state index contributed by atoms with van der Waals surface area (Å²) in [6, 6.07) is 21.6. The number of aryl methyl sites for hydroxylation is 3. The Kier molecular flexibility index (Phi) is 4.30. The van der Waals surface area contributed by atoms with E-state index in [1.165, 1.54) is 22.2 Å². The summed E-state index contributed by atoms with van der Waals surface area (Å²) in [7, 11) is 2.13. The summed E-state index contributed by atoms with van der Waals surface area (Å²) in [5, 5.41) is 0. The number of imidazole rings is 1. The van der Waals surface area contributed by atoms with Gasteiger partial charge in [0.05, 0.1) is 12.6 Å². The Morgan fingerprint density at radius 2 is 1.61 bits per heavy atom. The van der Waals surface area contributed by atoms with Crippen LogP contribution in [0.5, 0.6) is 0 Å². The van der Waals surface area contributed by atoms with Crippen molar-refractivity contribution in [3.05, 3.63) is 77.7 Å². The van der Waals surface area contributed by atoms with Crippen LogP contribution in [0.2, 0.25) is 0 Å². The third kappa shape index (κ3) is 3.05. The minimum absolute atomic E-state index is 0.116. The molecule has 0 aliphatic heterocycles. The lowest BCUT2D eigenvalue weighted by Crippen LogP contribution is -2.30. The van der Waals surface area contributed by atoms with Crippen molar-refractivity contribution in [2.45, 2.75) is 40.0 Å². The summed E-state index contributed by atoms with van der Waals surface area (Å²) in [5.41, 5.74) is 8.92. The van der Waals surface area contributed by atoms with Gasteiger partial charge < -0.3 is 4.42 Å². The maximum absolute atomic E-state index is 5.87. The molecule has 5 aromatic rings. The van der Waals surface area contributed by atoms with Crippen LogP contribution in [-0.2, 0) is 12.5 Å². The Labute approximate surface area is 182 Å². The monoisotopic (exact) mass is 410 g/mol. The molecule has 3 aromatic carbocycles. The van der Waals surface area contributed by atoms with Gasteiger partial charge in [-0.1, -0.05) is 51.1 Å². The van der Waals surface area contributed by atoms with Crippen molar-refractivity contribution < 1.29 is 8.98 Å². The molecule has 0 N–H and O–H groups in total. The highest BCUT2D eigenvalue weighted by atomic mass is 16.3. The van der Waals surface area contributed by atoms with Gasteiger partial charge in [-0.05, 0) is 53.8 Å². The lowest BCUT2D eigenvalue weighted by Gasteiger charge is -2.18. The maximum Gasteiger partial charge on any atom is 0.297 e. The Bertz CT molecular complexity index is 1430. The first-order valence-corrected chi connectivity index (χ1v) is 10.7. The summed E-state index contributed by atoms with van der Waals surface area (Å²) in [6.07, 6.45) is 0. The molecule has 0 bridgehead atoms. The fourth-order valence-corrected chi connectivity index (χ4v) is 4.45. The highest BCUT2D eigenvalue weighted by Gasteiger charge is 2.30. The Morgan fingerprint density at radius 1 is 0.903 bits per heavy atom. The van der Waals surface area contributed by atoms with E-state index in [0.29, 0.717) is 5.89 Å². The molecular weight excluding hydrogens is 382 g/mol. The van der Waals surface area contributed by atoms with Gasteiger partial charge in [0.1, 0.15) is 11.2 Å². The lowest BCUT2D eigenvalue weighted by atomic mass is 9.87. The van der Waals surface area contributed by atoms with Crippen molar-refractivity contribution in [3.63, 3.8) is 0 Å². The molecule has 5 rings (SSSR count). The average Bonchev–Trinajstić information content (AvgIpc) is 3.25. The topological polar surface area (TPSA) is 34.8 Å². The fraction of sp³-hybridized carbons (Fsp3) is 0.259. The molecule has 156 valence electrons. The number of oxazole rings is 1. The van der Waals surface area contributed by atoms with E-state index in [9.17, 15) is 0 Å². The summed E-state index contributed by atoms with van der Waals surface area (Å²) in [5.74, 6) is 1.78. The standard InChI is InChI=1S/C27H28N3O/c1-17-11-16-23-25(28-18(2)31-23)24(17)26-29(6)21-9-7-8-10-22(21)30(26)20-14-12-19(13-15-20)27(3,4)5/h7-16H,1-6H3/q+1. The molecule has 0 amide bonds. The largest absolute Gasteiger partial charge is 0.441 e. The third-order valence-electron chi connectivity index (χ3n) is 6.10. The number of aromatic nitrogens is 3. The molecule has 0 aliphatic carbocycles. The van der Waals surface area contributed by atoms with Crippen LogP contribution in [0.1, 0.15) is 37.8 Å². The van der Waals surface area contributed by atoms with Crippen LogP contribution in [0.4, 0.5) is 0 Å². The number of nitrogens with zero attached hydrogens (tertiary/aromatic N) is 3. The van der Waals surface area contributed by atoms with Gasteiger partial charge in [-0.25, -0.2) is 9.55 Å². The second-order valence-corrected chi connectivity index (χ2v) is 9.34. The number of para-hydroxylation sites is 2. The zero-order valence-electron chi connectivity index (χ0n) is 19.0. The number of rotatable bonds is 2. The van der Waals surface area contributed by atoms with E-state index in [-0.39, 0.29) is 5.41 Å².